The minimum Gasteiger partial charge on any atom is -0.454 e. The van der Waals surface area contributed by atoms with Crippen molar-refractivity contribution in [2.75, 3.05) is 0 Å². The number of carbonyl (C=O) groups excluding carboxylic acids is 1. The number of rotatable bonds is 5. The van der Waals surface area contributed by atoms with Crippen LogP contribution in [0.1, 0.15) is 15.9 Å². The van der Waals surface area contributed by atoms with Gasteiger partial charge in [0.2, 0.25) is 0 Å². The van der Waals surface area contributed by atoms with Gasteiger partial charge in [-0.3, -0.25) is 9.48 Å². The van der Waals surface area contributed by atoms with Gasteiger partial charge < -0.3 is 4.42 Å². The molecule has 0 fully saturated rings. The number of aryl methyl sites for hydroxylation is 1. The second kappa shape index (κ2) is 7.33. The molecule has 0 aliphatic heterocycles. The van der Waals surface area contributed by atoms with E-state index < -0.39 is 0 Å². The van der Waals surface area contributed by atoms with Gasteiger partial charge in [0.05, 0.1) is 17.4 Å². The van der Waals surface area contributed by atoms with Crippen molar-refractivity contribution in [3.63, 3.8) is 0 Å². The van der Waals surface area contributed by atoms with Gasteiger partial charge in [-0.2, -0.15) is 10.2 Å². The van der Waals surface area contributed by atoms with E-state index in [1.165, 1.54) is 6.08 Å². The minimum absolute atomic E-state index is 0.119. The van der Waals surface area contributed by atoms with Crippen LogP contribution in [0.3, 0.4) is 0 Å². The van der Waals surface area contributed by atoms with Crippen molar-refractivity contribution in [1.29, 1.82) is 0 Å². The number of benzene rings is 2. The molecule has 3 aromatic heterocycles. The van der Waals surface area contributed by atoms with Crippen molar-refractivity contribution in [2.24, 2.45) is 7.05 Å². The van der Waals surface area contributed by atoms with E-state index in [0.29, 0.717) is 17.0 Å². The first-order chi connectivity index (χ1) is 14.7. The van der Waals surface area contributed by atoms with Crippen molar-refractivity contribution in [2.45, 2.75) is 0 Å². The van der Waals surface area contributed by atoms with Crippen molar-refractivity contribution in [3.05, 3.63) is 96.5 Å². The minimum atomic E-state index is -0.119. The highest BCUT2D eigenvalue weighted by Crippen LogP contribution is 2.30. The van der Waals surface area contributed by atoms with Gasteiger partial charge in [0.1, 0.15) is 11.3 Å². The Bertz CT molecular complexity index is 1340. The van der Waals surface area contributed by atoms with E-state index in [4.69, 9.17) is 9.52 Å². The van der Waals surface area contributed by atoms with Gasteiger partial charge >= 0.3 is 0 Å². The Balaban J connectivity index is 1.58. The number of fused-ring (bicyclic) bond motifs is 1. The summed E-state index contributed by atoms with van der Waals surface area (Å²) in [6.45, 7) is 0. The van der Waals surface area contributed by atoms with Crippen LogP contribution in [0.4, 0.5) is 0 Å². The lowest BCUT2D eigenvalue weighted by atomic mass is 10.1. The molecule has 0 aliphatic carbocycles. The lowest BCUT2D eigenvalue weighted by molar-refractivity contribution is 0.104. The van der Waals surface area contributed by atoms with Gasteiger partial charge in [0, 0.05) is 30.4 Å². The van der Waals surface area contributed by atoms with Crippen LogP contribution < -0.4 is 0 Å². The lowest BCUT2D eigenvalue weighted by Gasteiger charge is -1.98. The largest absolute Gasteiger partial charge is 0.454 e. The standard InChI is InChI=1S/C24H18N4O2/c1-27-15-19(14-25-27)21(29)12-11-18-16-28(20-8-3-2-4-9-20)26-24(18)23-13-17-7-5-6-10-22(17)30-23/h2-16H,1H3. The molecular formula is C24H18N4O2. The quantitative estimate of drug-likeness (QED) is 0.314. The van der Waals surface area contributed by atoms with Crippen LogP contribution >= 0.6 is 0 Å². The zero-order chi connectivity index (χ0) is 20.5. The Hall–Kier alpha value is -4.19. The van der Waals surface area contributed by atoms with Crippen molar-refractivity contribution >= 4 is 22.8 Å². The number of aromatic nitrogens is 4. The fraction of sp³-hybridized carbons (Fsp3) is 0.0417. The molecule has 0 radical (unpaired) electrons. The predicted molar refractivity (Wildman–Crippen MR) is 115 cm³/mol. The van der Waals surface area contributed by atoms with Gasteiger partial charge in [-0.25, -0.2) is 4.68 Å². The lowest BCUT2D eigenvalue weighted by Crippen LogP contribution is -1.93. The summed E-state index contributed by atoms with van der Waals surface area (Å²) in [5.74, 6) is 0.533. The molecule has 6 nitrogen and oxygen atoms in total. The summed E-state index contributed by atoms with van der Waals surface area (Å²) in [6, 6.07) is 19.6. The van der Waals surface area contributed by atoms with Crippen LogP contribution in [0, 0.1) is 0 Å². The van der Waals surface area contributed by atoms with E-state index in [9.17, 15) is 4.79 Å². The number of ketones is 1. The molecule has 0 aliphatic rings. The third-order valence-corrected chi connectivity index (χ3v) is 4.83. The molecular weight excluding hydrogens is 376 g/mol. The molecule has 2 aromatic carbocycles. The van der Waals surface area contributed by atoms with E-state index >= 15 is 0 Å². The SMILES string of the molecule is Cn1cc(C(=O)C=Cc2cn(-c3ccccc3)nc2-c2cc3ccccc3o2)cn1. The molecule has 0 spiro atoms. The highest BCUT2D eigenvalue weighted by molar-refractivity contribution is 6.06. The number of hydrogen-bond donors (Lipinski definition) is 0. The molecule has 5 rings (SSSR count). The van der Waals surface area contributed by atoms with Crippen LogP contribution in [0.15, 0.2) is 89.7 Å². The highest BCUT2D eigenvalue weighted by Gasteiger charge is 2.15. The second-order valence-corrected chi connectivity index (χ2v) is 6.96. The topological polar surface area (TPSA) is 65.8 Å². The van der Waals surface area contributed by atoms with Crippen molar-refractivity contribution in [1.82, 2.24) is 19.6 Å². The Labute approximate surface area is 172 Å². The van der Waals surface area contributed by atoms with Gasteiger partial charge in [0.15, 0.2) is 11.5 Å². The zero-order valence-electron chi connectivity index (χ0n) is 16.3. The fourth-order valence-corrected chi connectivity index (χ4v) is 3.32. The average Bonchev–Trinajstić information content (AvgIpc) is 3.50. The van der Waals surface area contributed by atoms with Crippen molar-refractivity contribution in [3.8, 4) is 17.1 Å². The maximum atomic E-state index is 12.5. The Morgan fingerprint density at radius 1 is 1.03 bits per heavy atom. The number of carbonyl (C=O) groups is 1. The van der Waals surface area contributed by atoms with Gasteiger partial charge in [-0.15, -0.1) is 0 Å². The van der Waals surface area contributed by atoms with E-state index in [1.54, 1.807) is 34.9 Å². The number of allylic oxidation sites excluding steroid dienone is 1. The molecule has 6 heteroatoms. The highest BCUT2D eigenvalue weighted by atomic mass is 16.3. The molecule has 146 valence electrons. The fourth-order valence-electron chi connectivity index (χ4n) is 3.32. The number of para-hydroxylation sites is 2. The maximum absolute atomic E-state index is 12.5. The van der Waals surface area contributed by atoms with Crippen LogP contribution in [0.2, 0.25) is 0 Å². The zero-order valence-corrected chi connectivity index (χ0v) is 16.3. The Morgan fingerprint density at radius 3 is 2.60 bits per heavy atom. The molecule has 5 aromatic rings. The summed E-state index contributed by atoms with van der Waals surface area (Å²) in [5.41, 5.74) is 3.71. The molecule has 0 atom stereocenters. The summed E-state index contributed by atoms with van der Waals surface area (Å²) in [6.07, 6.45) is 8.45. The van der Waals surface area contributed by atoms with Crippen LogP contribution in [0.5, 0.6) is 0 Å². The Morgan fingerprint density at radius 2 is 1.83 bits per heavy atom. The monoisotopic (exact) mass is 394 g/mol. The summed E-state index contributed by atoms with van der Waals surface area (Å²) >= 11 is 0. The molecule has 30 heavy (non-hydrogen) atoms. The summed E-state index contributed by atoms with van der Waals surface area (Å²) in [4.78, 5) is 12.5. The smallest absolute Gasteiger partial charge is 0.189 e. The van der Waals surface area contributed by atoms with Gasteiger partial charge in [-0.1, -0.05) is 36.4 Å². The third-order valence-electron chi connectivity index (χ3n) is 4.83. The van der Waals surface area contributed by atoms with E-state index in [-0.39, 0.29) is 5.78 Å². The summed E-state index contributed by atoms with van der Waals surface area (Å²) < 4.78 is 9.42. The molecule has 0 amide bonds. The summed E-state index contributed by atoms with van der Waals surface area (Å²) in [5, 5.41) is 9.80. The maximum Gasteiger partial charge on any atom is 0.189 e. The van der Waals surface area contributed by atoms with Gasteiger partial charge in [-0.05, 0) is 36.4 Å². The normalized spacial score (nSPS) is 11.5. The number of nitrogens with zero attached hydrogens (tertiary/aromatic N) is 4. The first-order valence-corrected chi connectivity index (χ1v) is 9.52. The van der Waals surface area contributed by atoms with Crippen LogP contribution in [-0.2, 0) is 7.05 Å². The van der Waals surface area contributed by atoms with Gasteiger partial charge in [0.25, 0.3) is 0 Å². The van der Waals surface area contributed by atoms with E-state index in [2.05, 4.69) is 5.10 Å². The second-order valence-electron chi connectivity index (χ2n) is 6.96. The molecule has 0 bridgehead atoms. The Kier molecular flexibility index (Phi) is 4.37. The molecule has 0 saturated heterocycles. The first kappa shape index (κ1) is 17.9. The molecule has 0 saturated carbocycles. The van der Waals surface area contributed by atoms with Crippen LogP contribution in [-0.4, -0.2) is 25.3 Å². The predicted octanol–water partition coefficient (Wildman–Crippen LogP) is 4.92. The third kappa shape index (κ3) is 3.35. The van der Waals surface area contributed by atoms with Crippen molar-refractivity contribution < 1.29 is 9.21 Å². The number of hydrogen-bond acceptors (Lipinski definition) is 4. The molecule has 0 unspecified atom stereocenters. The first-order valence-electron chi connectivity index (χ1n) is 9.52. The van der Waals surface area contributed by atoms with E-state index in [1.807, 2.05) is 66.9 Å². The summed E-state index contributed by atoms with van der Waals surface area (Å²) in [7, 11) is 1.78. The van der Waals surface area contributed by atoms with E-state index in [0.717, 1.165) is 22.2 Å². The molecule has 3 heterocycles. The molecule has 0 N–H and O–H groups in total. The number of furan rings is 1. The van der Waals surface area contributed by atoms with Crippen LogP contribution in [0.25, 0.3) is 34.2 Å². The average molecular weight is 394 g/mol.